The van der Waals surface area contributed by atoms with Crippen LogP contribution in [0.1, 0.15) is 0 Å². The van der Waals surface area contributed by atoms with Crippen LogP contribution >= 0.6 is 0 Å². The number of nitrogens with zero attached hydrogens (tertiary/aromatic N) is 5. The van der Waals surface area contributed by atoms with Gasteiger partial charge in [0.2, 0.25) is 0 Å². The molecular formula is H15CoN10O6. The minimum absolute atomic E-state index is 0. The van der Waals surface area contributed by atoms with Gasteiger partial charge >= 0.3 is 30.6 Å². The van der Waals surface area contributed by atoms with Crippen molar-refractivity contribution in [2.45, 2.75) is 0 Å². The molecule has 0 saturated carbocycles. The van der Waals surface area contributed by atoms with Gasteiger partial charge in [-0.25, -0.2) is 0 Å². The van der Waals surface area contributed by atoms with Crippen LogP contribution in [0, 0.1) is 30.6 Å². The summed E-state index contributed by atoms with van der Waals surface area (Å²) in [7, 11) is 0. The van der Waals surface area contributed by atoms with Crippen molar-refractivity contribution in [3.8, 4) is 0 Å². The van der Waals surface area contributed by atoms with Gasteiger partial charge in [0.15, 0.2) is 0 Å². The van der Waals surface area contributed by atoms with E-state index in [0.717, 1.165) is 0 Å². The fraction of sp³-hybridized carbons (Fsp3) is 0. The zero-order valence-electron chi connectivity index (χ0n) is 8.55. The molecule has 0 aromatic heterocycles. The van der Waals surface area contributed by atoms with Crippen molar-refractivity contribution < 1.29 is 26.1 Å². The van der Waals surface area contributed by atoms with E-state index in [4.69, 9.17) is 36.2 Å². The Balaban J connectivity index is -0.0000000104. The molecular weight excluding hydrogens is 295 g/mol. The Morgan fingerprint density at radius 3 is 0.941 bits per heavy atom. The topological polar surface area (TPSA) is 356 Å². The van der Waals surface area contributed by atoms with Gasteiger partial charge in [-0.05, 0) is 0 Å². The van der Waals surface area contributed by atoms with E-state index in [9.17, 15) is 0 Å². The SMILES string of the molecule is N.N.N.N.N.O=[N+]([O-])[O-].O=[N+]([O-])[O-].[N-]=[N+]=[N][Co+2]. The number of rotatable bonds is 0. The quantitative estimate of drug-likeness (QED) is 0.138. The molecule has 0 aromatic carbocycles. The van der Waals surface area contributed by atoms with Crippen molar-refractivity contribution in [2.24, 2.45) is 4.16 Å². The molecule has 15 N–H and O–H groups in total. The first-order chi connectivity index (χ1) is 5.38. The average Bonchev–Trinajstić information content (AvgIpc) is 1.85. The van der Waals surface area contributed by atoms with Gasteiger partial charge in [0, 0.05) is 0 Å². The maximum absolute atomic E-state index is 8.25. The molecule has 0 aliphatic rings. The number of hydrogen-bond acceptors (Lipinski definition) is 12. The third-order valence-electron chi connectivity index (χ3n) is 0.0298. The normalized spacial score (nSPS) is 3.82. The van der Waals surface area contributed by atoms with E-state index in [1.54, 1.807) is 0 Å². The van der Waals surface area contributed by atoms with Crippen LogP contribution in [0.5, 0.6) is 0 Å². The van der Waals surface area contributed by atoms with E-state index in [2.05, 4.69) is 25.0 Å². The first-order valence-electron chi connectivity index (χ1n) is 1.64. The van der Waals surface area contributed by atoms with Gasteiger partial charge in [-0.2, -0.15) is 0 Å². The number of hydrogen-bond donors (Lipinski definition) is 5. The van der Waals surface area contributed by atoms with Crippen LogP contribution in [0.4, 0.5) is 0 Å². The van der Waals surface area contributed by atoms with E-state index in [-0.39, 0.29) is 30.8 Å². The van der Waals surface area contributed by atoms with E-state index < -0.39 is 10.2 Å². The average molecular weight is 310 g/mol. The molecule has 110 valence electrons. The van der Waals surface area contributed by atoms with Crippen LogP contribution in [0.2, 0.25) is 0 Å². The monoisotopic (exact) mass is 310 g/mol. The minimum atomic E-state index is -1.75. The molecule has 0 saturated heterocycles. The second-order valence-electron chi connectivity index (χ2n) is 0.603. The summed E-state index contributed by atoms with van der Waals surface area (Å²) in [5.41, 5.74) is 7.26. The third-order valence-corrected chi connectivity index (χ3v) is 0.123. The number of azide groups is 1. The summed E-state index contributed by atoms with van der Waals surface area (Å²) in [5, 5.41) is 29.5. The van der Waals surface area contributed by atoms with Gasteiger partial charge in [-0.1, -0.05) is 0 Å². The van der Waals surface area contributed by atoms with Gasteiger partial charge in [-0.3, -0.25) is 0 Å². The molecule has 0 amide bonds. The Morgan fingerprint density at radius 1 is 0.882 bits per heavy atom. The molecule has 0 aliphatic carbocycles. The summed E-state index contributed by atoms with van der Waals surface area (Å²) < 4.78 is 2.60. The molecule has 0 spiro atoms. The molecule has 0 fully saturated rings. The zero-order chi connectivity index (χ0) is 10.6. The van der Waals surface area contributed by atoms with Crippen molar-refractivity contribution in [3.63, 3.8) is 0 Å². The second kappa shape index (κ2) is 65.6. The van der Waals surface area contributed by atoms with Crippen LogP contribution < -0.4 is 30.8 Å². The molecule has 0 bridgehead atoms. The first-order valence-corrected chi connectivity index (χ1v) is 2.11. The molecule has 0 heterocycles. The fourth-order valence-electron chi connectivity index (χ4n) is 0. The van der Waals surface area contributed by atoms with Gasteiger partial charge in [0.05, 0.1) is 10.2 Å². The van der Waals surface area contributed by atoms with Crippen LogP contribution in [0.3, 0.4) is 0 Å². The van der Waals surface area contributed by atoms with Crippen LogP contribution in [-0.4, -0.2) is 10.2 Å². The van der Waals surface area contributed by atoms with Crippen molar-refractivity contribution in [3.05, 3.63) is 41.1 Å². The Labute approximate surface area is 103 Å². The molecule has 16 nitrogen and oxygen atoms in total. The Bertz CT molecular complexity index is 156. The third kappa shape index (κ3) is 2090. The van der Waals surface area contributed by atoms with Crippen molar-refractivity contribution in [2.75, 3.05) is 0 Å². The molecule has 17 heavy (non-hydrogen) atoms. The van der Waals surface area contributed by atoms with Gasteiger partial charge in [-0.15, -0.1) is 0 Å². The predicted octanol–water partition coefficient (Wildman–Crippen LogP) is 1.09. The van der Waals surface area contributed by atoms with Crippen molar-refractivity contribution in [1.82, 2.24) is 30.8 Å². The molecule has 0 rings (SSSR count). The first kappa shape index (κ1) is 59.9. The molecule has 0 aromatic rings. The zero-order valence-corrected chi connectivity index (χ0v) is 9.60. The standard InChI is InChI=1S/Co.N3.2NO3.5H3N/c;1-3-2;2*2-1(3)4;;;;;/h;;;;5*1H3/q+3;3*-1;;;;;. The molecule has 0 atom stereocenters. The van der Waals surface area contributed by atoms with Crippen molar-refractivity contribution in [1.29, 1.82) is 0 Å². The molecule has 0 aliphatic heterocycles. The summed E-state index contributed by atoms with van der Waals surface area (Å²) in [6.07, 6.45) is 0. The summed E-state index contributed by atoms with van der Waals surface area (Å²) in [4.78, 5) is 18.7. The van der Waals surface area contributed by atoms with Crippen LogP contribution in [0.25, 0.3) is 10.4 Å². The van der Waals surface area contributed by atoms with Crippen LogP contribution in [-0.2, 0) is 16.0 Å². The summed E-state index contributed by atoms with van der Waals surface area (Å²) >= 11 is 3.17. The Morgan fingerprint density at radius 2 is 0.941 bits per heavy atom. The van der Waals surface area contributed by atoms with Gasteiger partial charge in [0.1, 0.15) is 0 Å². The van der Waals surface area contributed by atoms with Gasteiger partial charge < -0.3 is 61.4 Å². The van der Waals surface area contributed by atoms with E-state index >= 15 is 0 Å². The second-order valence-corrected chi connectivity index (χ2v) is 0.812. The molecule has 0 unspecified atom stereocenters. The summed E-state index contributed by atoms with van der Waals surface area (Å²) in [5.74, 6) is 0. The van der Waals surface area contributed by atoms with Gasteiger partial charge in [0.25, 0.3) is 0 Å². The fourth-order valence-corrected chi connectivity index (χ4v) is 0. The maximum atomic E-state index is 8.25. The predicted molar refractivity (Wildman–Crippen MR) is 55.0 cm³/mol. The van der Waals surface area contributed by atoms with Crippen molar-refractivity contribution >= 4 is 0 Å². The van der Waals surface area contributed by atoms with E-state index in [1.807, 2.05) is 0 Å². The Hall–Kier alpha value is -1.98. The summed E-state index contributed by atoms with van der Waals surface area (Å²) in [6.45, 7) is 0. The Kier molecular flexibility index (Phi) is 231. The molecule has 0 radical (unpaired) electrons. The van der Waals surface area contributed by atoms with E-state index in [0.29, 0.717) is 0 Å². The van der Waals surface area contributed by atoms with Crippen LogP contribution in [0.15, 0.2) is 4.16 Å². The van der Waals surface area contributed by atoms with E-state index in [1.165, 1.54) is 0 Å². The summed E-state index contributed by atoms with van der Waals surface area (Å²) in [6, 6.07) is 0. The molecule has 17 heteroatoms.